The van der Waals surface area contributed by atoms with Crippen LogP contribution < -0.4 is 0 Å². The van der Waals surface area contributed by atoms with Gasteiger partial charge in [-0.2, -0.15) is 0 Å². The molecule has 25 heavy (non-hydrogen) atoms. The van der Waals surface area contributed by atoms with Crippen LogP contribution in [0, 0.1) is 0 Å². The molecule has 3 aromatic carbocycles. The zero-order valence-corrected chi connectivity index (χ0v) is 13.4. The molecule has 0 atom stereocenters. The van der Waals surface area contributed by atoms with Crippen molar-refractivity contribution in [2.24, 2.45) is 0 Å². The first-order chi connectivity index (χ1) is 12.4. The largest absolute Gasteiger partial charge is 0.452 e. The van der Waals surface area contributed by atoms with Crippen molar-refractivity contribution in [3.63, 3.8) is 0 Å². The smallest absolute Gasteiger partial charge is 0.180 e. The van der Waals surface area contributed by atoms with Crippen LogP contribution in [0.4, 0.5) is 0 Å². The van der Waals surface area contributed by atoms with Crippen LogP contribution in [0.3, 0.4) is 0 Å². The summed E-state index contributed by atoms with van der Waals surface area (Å²) in [5.41, 5.74) is 6.58. The molecular weight excluding hydrogens is 308 g/mol. The van der Waals surface area contributed by atoms with E-state index in [2.05, 4.69) is 34.2 Å². The maximum atomic E-state index is 6.10. The van der Waals surface area contributed by atoms with Crippen molar-refractivity contribution in [2.45, 2.75) is 0 Å². The van der Waals surface area contributed by atoms with Crippen LogP contribution in [0.1, 0.15) is 0 Å². The molecule has 0 bridgehead atoms. The summed E-state index contributed by atoms with van der Waals surface area (Å²) in [5.74, 6) is 0. The molecule has 0 saturated heterocycles. The molecule has 3 heteroatoms. The Morgan fingerprint density at radius 1 is 0.640 bits per heavy atom. The number of fused-ring (bicyclic) bond motifs is 3. The predicted molar refractivity (Wildman–Crippen MR) is 100 cm³/mol. The molecule has 118 valence electrons. The summed E-state index contributed by atoms with van der Waals surface area (Å²) < 4.78 is 6.10. The third-order valence-electron chi connectivity index (χ3n) is 4.40. The van der Waals surface area contributed by atoms with E-state index >= 15 is 0 Å². The molecule has 0 radical (unpaired) electrons. The standard InChI is InChI=1S/C22H14N2O/c1-3-7-15(8-4-1)17-11-12-19-18(13-17)21-22(25-19)20(23-14-24-21)16-9-5-2-6-10-16/h1-14H. The van der Waals surface area contributed by atoms with Gasteiger partial charge in [-0.1, -0.05) is 66.7 Å². The number of benzene rings is 3. The number of rotatable bonds is 2. The first-order valence-corrected chi connectivity index (χ1v) is 8.18. The van der Waals surface area contributed by atoms with Gasteiger partial charge in [0.1, 0.15) is 23.1 Å². The lowest BCUT2D eigenvalue weighted by atomic mass is 10.0. The third kappa shape index (κ3) is 2.29. The van der Waals surface area contributed by atoms with Gasteiger partial charge in [0, 0.05) is 10.9 Å². The monoisotopic (exact) mass is 322 g/mol. The number of hydrogen-bond donors (Lipinski definition) is 0. The SMILES string of the molecule is c1ccc(-c2ccc3oc4c(-c5ccccc5)ncnc4c3c2)cc1. The van der Waals surface area contributed by atoms with Crippen molar-refractivity contribution in [3.8, 4) is 22.4 Å². The van der Waals surface area contributed by atoms with Gasteiger partial charge in [0.05, 0.1) is 0 Å². The van der Waals surface area contributed by atoms with Gasteiger partial charge in [-0.05, 0) is 23.3 Å². The fourth-order valence-electron chi connectivity index (χ4n) is 3.19. The first-order valence-electron chi connectivity index (χ1n) is 8.18. The molecule has 2 heterocycles. The van der Waals surface area contributed by atoms with Gasteiger partial charge in [0.2, 0.25) is 0 Å². The predicted octanol–water partition coefficient (Wildman–Crippen LogP) is 5.71. The minimum absolute atomic E-state index is 0.730. The zero-order chi connectivity index (χ0) is 16.6. The highest BCUT2D eigenvalue weighted by molar-refractivity contribution is 6.07. The maximum absolute atomic E-state index is 6.10. The minimum Gasteiger partial charge on any atom is -0.452 e. The van der Waals surface area contributed by atoms with Crippen molar-refractivity contribution >= 4 is 22.1 Å². The molecule has 3 nitrogen and oxygen atoms in total. The van der Waals surface area contributed by atoms with Gasteiger partial charge in [0.25, 0.3) is 0 Å². The Kier molecular flexibility index (Phi) is 3.10. The molecule has 2 aromatic heterocycles. The van der Waals surface area contributed by atoms with Gasteiger partial charge in [-0.15, -0.1) is 0 Å². The van der Waals surface area contributed by atoms with Crippen molar-refractivity contribution in [1.82, 2.24) is 9.97 Å². The summed E-state index contributed by atoms with van der Waals surface area (Å²) in [4.78, 5) is 8.93. The van der Waals surface area contributed by atoms with Crippen molar-refractivity contribution in [3.05, 3.63) is 85.2 Å². The van der Waals surface area contributed by atoms with Crippen LogP contribution in [0.25, 0.3) is 44.5 Å². The van der Waals surface area contributed by atoms with E-state index in [1.54, 1.807) is 6.33 Å². The Hall–Kier alpha value is -3.46. The second kappa shape index (κ2) is 5.56. The van der Waals surface area contributed by atoms with Gasteiger partial charge < -0.3 is 4.42 Å². The Bertz CT molecular complexity index is 1180. The van der Waals surface area contributed by atoms with Crippen LogP contribution in [-0.2, 0) is 0 Å². The number of furan rings is 1. The van der Waals surface area contributed by atoms with Gasteiger partial charge in [0.15, 0.2) is 5.58 Å². The molecule has 0 spiro atoms. The summed E-state index contributed by atoms with van der Waals surface area (Å²) in [7, 11) is 0. The Labute approximate surface area is 144 Å². The highest BCUT2D eigenvalue weighted by Crippen LogP contribution is 2.35. The van der Waals surface area contributed by atoms with E-state index in [9.17, 15) is 0 Å². The quantitative estimate of drug-likeness (QED) is 0.418. The molecule has 5 rings (SSSR count). The molecule has 0 aliphatic carbocycles. The van der Waals surface area contributed by atoms with Crippen molar-refractivity contribution in [2.75, 3.05) is 0 Å². The van der Waals surface area contributed by atoms with E-state index in [1.807, 2.05) is 54.6 Å². The summed E-state index contributed by atoms with van der Waals surface area (Å²) in [5, 5.41) is 1.01. The van der Waals surface area contributed by atoms with E-state index in [1.165, 1.54) is 5.56 Å². The fourth-order valence-corrected chi connectivity index (χ4v) is 3.19. The molecular formula is C22H14N2O. The van der Waals surface area contributed by atoms with Gasteiger partial charge in [-0.25, -0.2) is 9.97 Å². The van der Waals surface area contributed by atoms with Crippen LogP contribution in [-0.4, -0.2) is 9.97 Å². The molecule has 0 aliphatic heterocycles. The molecule has 0 saturated carbocycles. The lowest BCUT2D eigenvalue weighted by Crippen LogP contribution is -1.86. The Balaban J connectivity index is 1.77. The summed E-state index contributed by atoms with van der Waals surface area (Å²) in [6.07, 6.45) is 1.61. The van der Waals surface area contributed by atoms with Crippen molar-refractivity contribution in [1.29, 1.82) is 0 Å². The normalized spacial score (nSPS) is 11.2. The first kappa shape index (κ1) is 13.9. The van der Waals surface area contributed by atoms with Crippen LogP contribution in [0.5, 0.6) is 0 Å². The lowest BCUT2D eigenvalue weighted by molar-refractivity contribution is 0.667. The minimum atomic E-state index is 0.730. The maximum Gasteiger partial charge on any atom is 0.180 e. The third-order valence-corrected chi connectivity index (χ3v) is 4.40. The molecule has 0 N–H and O–H groups in total. The molecule has 0 unspecified atom stereocenters. The Morgan fingerprint density at radius 3 is 2.12 bits per heavy atom. The molecule has 0 fully saturated rings. The van der Waals surface area contributed by atoms with Gasteiger partial charge in [-0.3, -0.25) is 0 Å². The summed E-state index contributed by atoms with van der Waals surface area (Å²) in [6, 6.07) is 26.6. The number of aromatic nitrogens is 2. The van der Waals surface area contributed by atoms with Crippen LogP contribution in [0.15, 0.2) is 89.6 Å². The average Bonchev–Trinajstić information content (AvgIpc) is 3.07. The molecule has 0 amide bonds. The van der Waals surface area contributed by atoms with E-state index in [-0.39, 0.29) is 0 Å². The second-order valence-electron chi connectivity index (χ2n) is 5.95. The van der Waals surface area contributed by atoms with Gasteiger partial charge >= 0.3 is 0 Å². The summed E-state index contributed by atoms with van der Waals surface area (Å²) >= 11 is 0. The van der Waals surface area contributed by atoms with E-state index in [0.29, 0.717) is 0 Å². The van der Waals surface area contributed by atoms with Crippen molar-refractivity contribution < 1.29 is 4.42 Å². The van der Waals surface area contributed by atoms with E-state index in [4.69, 9.17) is 4.42 Å². The van der Waals surface area contributed by atoms with E-state index < -0.39 is 0 Å². The second-order valence-corrected chi connectivity index (χ2v) is 5.95. The summed E-state index contributed by atoms with van der Waals surface area (Å²) in [6.45, 7) is 0. The molecule has 0 aliphatic rings. The lowest BCUT2D eigenvalue weighted by Gasteiger charge is -2.01. The topological polar surface area (TPSA) is 38.9 Å². The zero-order valence-electron chi connectivity index (χ0n) is 13.4. The van der Waals surface area contributed by atoms with Crippen LogP contribution >= 0.6 is 0 Å². The Morgan fingerprint density at radius 2 is 1.36 bits per heavy atom. The molecule has 5 aromatic rings. The number of nitrogens with zero attached hydrogens (tertiary/aromatic N) is 2. The highest BCUT2D eigenvalue weighted by atomic mass is 16.3. The highest BCUT2D eigenvalue weighted by Gasteiger charge is 2.15. The average molecular weight is 322 g/mol. The fraction of sp³-hybridized carbons (Fsp3) is 0. The van der Waals surface area contributed by atoms with Crippen LogP contribution in [0.2, 0.25) is 0 Å². The van der Waals surface area contributed by atoms with E-state index in [0.717, 1.165) is 38.9 Å². The number of hydrogen-bond acceptors (Lipinski definition) is 3.